The van der Waals surface area contributed by atoms with Crippen molar-refractivity contribution in [2.24, 2.45) is 16.7 Å². The van der Waals surface area contributed by atoms with Crippen LogP contribution in [0, 0.1) is 16.7 Å². The summed E-state index contributed by atoms with van der Waals surface area (Å²) in [4.78, 5) is 12.7. The predicted molar refractivity (Wildman–Crippen MR) is 81.1 cm³/mol. The van der Waals surface area contributed by atoms with Gasteiger partial charge in [-0.3, -0.25) is 4.79 Å². The van der Waals surface area contributed by atoms with Crippen LogP contribution in [0.5, 0.6) is 0 Å². The molecule has 3 aliphatic rings. The van der Waals surface area contributed by atoms with E-state index in [0.717, 1.165) is 45.7 Å². The van der Waals surface area contributed by atoms with E-state index in [9.17, 15) is 4.79 Å². The topological polar surface area (TPSA) is 50.4 Å². The van der Waals surface area contributed by atoms with Crippen LogP contribution in [-0.4, -0.2) is 38.8 Å². The van der Waals surface area contributed by atoms with Crippen molar-refractivity contribution in [1.82, 2.24) is 10.6 Å². The lowest BCUT2D eigenvalue weighted by Gasteiger charge is -2.38. The Kier molecular flexibility index (Phi) is 4.98. The van der Waals surface area contributed by atoms with Gasteiger partial charge in [-0.25, -0.2) is 0 Å². The fraction of sp³-hybridized carbons (Fsp3) is 0.933. The van der Waals surface area contributed by atoms with Crippen LogP contribution >= 0.6 is 12.4 Å². The highest BCUT2D eigenvalue weighted by atomic mass is 35.5. The number of carbonyl (C=O) groups is 1. The van der Waals surface area contributed by atoms with Crippen LogP contribution in [0.2, 0.25) is 0 Å². The second-order valence-corrected chi connectivity index (χ2v) is 7.03. The van der Waals surface area contributed by atoms with E-state index in [4.69, 9.17) is 4.74 Å². The van der Waals surface area contributed by atoms with Crippen molar-refractivity contribution in [2.75, 3.05) is 32.8 Å². The number of rotatable bonds is 3. The lowest BCUT2D eigenvalue weighted by Crippen LogP contribution is -2.50. The van der Waals surface area contributed by atoms with Gasteiger partial charge in [0.05, 0.1) is 12.0 Å². The SMILES string of the molecule is CC1(CNC(=O)[C@@]23CCCC[C@H]2CNC3)CCOC1.Cl. The van der Waals surface area contributed by atoms with E-state index in [1.165, 1.54) is 19.3 Å². The van der Waals surface area contributed by atoms with Crippen LogP contribution in [-0.2, 0) is 9.53 Å². The van der Waals surface area contributed by atoms with Crippen LogP contribution in [0.1, 0.15) is 39.0 Å². The molecule has 20 heavy (non-hydrogen) atoms. The maximum absolute atomic E-state index is 12.7. The highest BCUT2D eigenvalue weighted by molar-refractivity contribution is 5.85. The van der Waals surface area contributed by atoms with Gasteiger partial charge in [0.2, 0.25) is 5.91 Å². The summed E-state index contributed by atoms with van der Waals surface area (Å²) >= 11 is 0. The van der Waals surface area contributed by atoms with Crippen LogP contribution in [0.4, 0.5) is 0 Å². The summed E-state index contributed by atoms with van der Waals surface area (Å²) < 4.78 is 5.46. The molecular weight excluding hydrogens is 276 g/mol. The molecule has 116 valence electrons. The van der Waals surface area contributed by atoms with E-state index in [-0.39, 0.29) is 29.1 Å². The molecule has 3 fully saturated rings. The monoisotopic (exact) mass is 302 g/mol. The first kappa shape index (κ1) is 16.1. The van der Waals surface area contributed by atoms with Crippen molar-refractivity contribution in [3.8, 4) is 0 Å². The van der Waals surface area contributed by atoms with Gasteiger partial charge in [0.1, 0.15) is 0 Å². The number of amides is 1. The molecular formula is C15H27ClN2O2. The average molecular weight is 303 g/mol. The van der Waals surface area contributed by atoms with Gasteiger partial charge in [0.15, 0.2) is 0 Å². The molecule has 3 atom stereocenters. The lowest BCUT2D eigenvalue weighted by atomic mass is 9.67. The number of nitrogens with one attached hydrogen (secondary N) is 2. The van der Waals surface area contributed by atoms with E-state index in [1.807, 2.05) is 0 Å². The Morgan fingerprint density at radius 1 is 1.40 bits per heavy atom. The zero-order valence-electron chi connectivity index (χ0n) is 12.4. The highest BCUT2D eigenvalue weighted by Crippen LogP contribution is 2.44. The molecule has 0 spiro atoms. The standard InChI is InChI=1S/C15H26N2O2.ClH/c1-14(6-7-19-11-14)9-17-13(18)15-5-3-2-4-12(15)8-16-10-15;/h12,16H,2-11H2,1H3,(H,17,18);1H/t12-,14?,15+;/m0./s1. The molecule has 0 radical (unpaired) electrons. The van der Waals surface area contributed by atoms with Gasteiger partial charge in [-0.2, -0.15) is 0 Å². The molecule has 1 saturated carbocycles. The first-order chi connectivity index (χ1) is 9.15. The number of fused-ring (bicyclic) bond motifs is 1. The molecule has 2 saturated heterocycles. The molecule has 2 aliphatic heterocycles. The molecule has 1 unspecified atom stereocenters. The average Bonchev–Trinajstić information content (AvgIpc) is 3.03. The minimum Gasteiger partial charge on any atom is -0.381 e. The molecule has 4 nitrogen and oxygen atoms in total. The summed E-state index contributed by atoms with van der Waals surface area (Å²) in [5.41, 5.74) is 0.0244. The second-order valence-electron chi connectivity index (χ2n) is 7.03. The number of halogens is 1. The van der Waals surface area contributed by atoms with Crippen molar-refractivity contribution in [2.45, 2.75) is 39.0 Å². The summed E-state index contributed by atoms with van der Waals surface area (Å²) in [6.07, 6.45) is 5.81. The molecule has 2 heterocycles. The third-order valence-corrected chi connectivity index (χ3v) is 5.47. The van der Waals surface area contributed by atoms with Crippen LogP contribution in [0.3, 0.4) is 0 Å². The minimum atomic E-state index is -0.117. The first-order valence-electron chi connectivity index (χ1n) is 7.72. The van der Waals surface area contributed by atoms with Crippen molar-refractivity contribution in [1.29, 1.82) is 0 Å². The second kappa shape index (κ2) is 6.20. The maximum atomic E-state index is 12.7. The molecule has 0 aromatic carbocycles. The van der Waals surface area contributed by atoms with E-state index in [1.54, 1.807) is 0 Å². The van der Waals surface area contributed by atoms with Gasteiger partial charge in [0, 0.05) is 25.1 Å². The van der Waals surface area contributed by atoms with E-state index >= 15 is 0 Å². The molecule has 3 rings (SSSR count). The Morgan fingerprint density at radius 3 is 3.00 bits per heavy atom. The summed E-state index contributed by atoms with van der Waals surface area (Å²) in [5, 5.41) is 6.68. The van der Waals surface area contributed by atoms with Gasteiger partial charge in [-0.1, -0.05) is 19.8 Å². The Morgan fingerprint density at radius 2 is 2.25 bits per heavy atom. The number of carbonyl (C=O) groups excluding carboxylic acids is 1. The third-order valence-electron chi connectivity index (χ3n) is 5.47. The van der Waals surface area contributed by atoms with E-state index in [2.05, 4.69) is 17.6 Å². The summed E-state index contributed by atoms with van der Waals surface area (Å²) in [7, 11) is 0. The molecule has 0 bridgehead atoms. The van der Waals surface area contributed by atoms with Crippen LogP contribution in [0.15, 0.2) is 0 Å². The minimum absolute atomic E-state index is 0. The normalized spacial score (nSPS) is 40.0. The van der Waals surface area contributed by atoms with Gasteiger partial charge in [0.25, 0.3) is 0 Å². The van der Waals surface area contributed by atoms with Crippen LogP contribution in [0.25, 0.3) is 0 Å². The Balaban J connectivity index is 0.00000147. The zero-order chi connectivity index (χ0) is 13.3. The largest absolute Gasteiger partial charge is 0.381 e. The first-order valence-corrected chi connectivity index (χ1v) is 7.72. The summed E-state index contributed by atoms with van der Waals surface area (Å²) in [6, 6.07) is 0. The van der Waals surface area contributed by atoms with Crippen molar-refractivity contribution in [3.63, 3.8) is 0 Å². The number of hydrogen-bond donors (Lipinski definition) is 2. The molecule has 0 aromatic heterocycles. The Hall–Kier alpha value is -0.320. The van der Waals surface area contributed by atoms with Gasteiger partial charge >= 0.3 is 0 Å². The van der Waals surface area contributed by atoms with Gasteiger partial charge in [-0.05, 0) is 31.7 Å². The summed E-state index contributed by atoms with van der Waals surface area (Å²) in [5.74, 6) is 0.837. The maximum Gasteiger partial charge on any atom is 0.227 e. The fourth-order valence-electron chi connectivity index (χ4n) is 4.01. The highest BCUT2D eigenvalue weighted by Gasteiger charge is 2.50. The molecule has 0 aromatic rings. The van der Waals surface area contributed by atoms with Gasteiger partial charge in [-0.15, -0.1) is 12.4 Å². The molecule has 1 aliphatic carbocycles. The fourth-order valence-corrected chi connectivity index (χ4v) is 4.01. The van der Waals surface area contributed by atoms with E-state index < -0.39 is 0 Å². The number of ether oxygens (including phenoxy) is 1. The lowest BCUT2D eigenvalue weighted by molar-refractivity contribution is -0.134. The molecule has 1 amide bonds. The summed E-state index contributed by atoms with van der Waals surface area (Å²) in [6.45, 7) is 6.48. The third kappa shape index (κ3) is 2.83. The van der Waals surface area contributed by atoms with Gasteiger partial charge < -0.3 is 15.4 Å². The molecule has 2 N–H and O–H groups in total. The van der Waals surface area contributed by atoms with Crippen LogP contribution < -0.4 is 10.6 Å². The van der Waals surface area contributed by atoms with E-state index in [0.29, 0.717) is 5.92 Å². The Bertz CT molecular complexity index is 358. The van der Waals surface area contributed by atoms with Crippen molar-refractivity contribution in [3.05, 3.63) is 0 Å². The predicted octanol–water partition coefficient (Wildman–Crippen LogP) is 1.73. The smallest absolute Gasteiger partial charge is 0.227 e. The Labute approximate surface area is 127 Å². The molecule has 5 heteroatoms. The van der Waals surface area contributed by atoms with Crippen molar-refractivity contribution < 1.29 is 9.53 Å². The zero-order valence-corrected chi connectivity index (χ0v) is 13.2. The number of hydrogen-bond acceptors (Lipinski definition) is 3. The quantitative estimate of drug-likeness (QED) is 0.835. The van der Waals surface area contributed by atoms with Crippen molar-refractivity contribution >= 4 is 18.3 Å².